The first-order valence-corrected chi connectivity index (χ1v) is 5.83. The van der Waals surface area contributed by atoms with Gasteiger partial charge >= 0.3 is 0 Å². The van der Waals surface area contributed by atoms with E-state index in [2.05, 4.69) is 4.98 Å². The van der Waals surface area contributed by atoms with E-state index in [1.165, 1.54) is 16.9 Å². The summed E-state index contributed by atoms with van der Waals surface area (Å²) >= 11 is 1.47. The highest BCUT2D eigenvalue weighted by Crippen LogP contribution is 2.17. The average molecular weight is 235 g/mol. The summed E-state index contributed by atoms with van der Waals surface area (Å²) in [4.78, 5) is 5.02. The van der Waals surface area contributed by atoms with E-state index in [4.69, 9.17) is 9.84 Å². The van der Waals surface area contributed by atoms with Gasteiger partial charge in [-0.25, -0.2) is 4.98 Å². The van der Waals surface area contributed by atoms with Crippen LogP contribution < -0.4 is 4.74 Å². The Morgan fingerprint density at radius 3 is 3.00 bits per heavy atom. The molecule has 0 saturated heterocycles. The van der Waals surface area contributed by atoms with Crippen LogP contribution in [0.5, 0.6) is 5.75 Å². The minimum Gasteiger partial charge on any atom is -0.486 e. The van der Waals surface area contributed by atoms with E-state index in [1.807, 2.05) is 31.2 Å². The largest absolute Gasteiger partial charge is 0.486 e. The molecule has 2 rings (SSSR count). The van der Waals surface area contributed by atoms with Crippen molar-refractivity contribution in [3.63, 3.8) is 0 Å². The SMILES string of the molecule is Cc1cccc(OCc2ncc(CO)s2)c1. The first-order valence-electron chi connectivity index (χ1n) is 5.02. The molecule has 0 aliphatic rings. The van der Waals surface area contributed by atoms with Crippen molar-refractivity contribution >= 4 is 11.3 Å². The predicted molar refractivity (Wildman–Crippen MR) is 63.5 cm³/mol. The normalized spacial score (nSPS) is 10.4. The Labute approximate surface area is 98.4 Å². The molecule has 2 aromatic rings. The number of nitrogens with zero attached hydrogens (tertiary/aromatic N) is 1. The summed E-state index contributed by atoms with van der Waals surface area (Å²) in [5.74, 6) is 0.848. The number of benzene rings is 1. The predicted octanol–water partition coefficient (Wildman–Crippen LogP) is 2.52. The number of rotatable bonds is 4. The summed E-state index contributed by atoms with van der Waals surface area (Å²) in [6, 6.07) is 7.90. The molecule has 0 saturated carbocycles. The number of aromatic nitrogens is 1. The second kappa shape index (κ2) is 5.09. The number of aliphatic hydroxyl groups is 1. The molecule has 1 N–H and O–H groups in total. The van der Waals surface area contributed by atoms with Crippen molar-refractivity contribution in [1.29, 1.82) is 0 Å². The molecule has 0 atom stereocenters. The fraction of sp³-hybridized carbons (Fsp3) is 0.250. The minimum absolute atomic E-state index is 0.0438. The third kappa shape index (κ3) is 2.81. The van der Waals surface area contributed by atoms with Crippen molar-refractivity contribution in [3.8, 4) is 5.75 Å². The fourth-order valence-corrected chi connectivity index (χ4v) is 2.03. The van der Waals surface area contributed by atoms with Crippen LogP contribution in [-0.2, 0) is 13.2 Å². The molecule has 16 heavy (non-hydrogen) atoms. The standard InChI is InChI=1S/C12H13NO2S/c1-9-3-2-4-10(5-9)15-8-12-13-6-11(7-14)16-12/h2-6,14H,7-8H2,1H3. The van der Waals surface area contributed by atoms with E-state index in [9.17, 15) is 0 Å². The van der Waals surface area contributed by atoms with Crippen LogP contribution in [0.15, 0.2) is 30.5 Å². The molecule has 3 nitrogen and oxygen atoms in total. The molecular formula is C12H13NO2S. The Hall–Kier alpha value is -1.39. The van der Waals surface area contributed by atoms with Crippen molar-refractivity contribution in [2.24, 2.45) is 0 Å². The van der Waals surface area contributed by atoms with Gasteiger partial charge < -0.3 is 9.84 Å². The lowest BCUT2D eigenvalue weighted by Crippen LogP contribution is -1.94. The number of aryl methyl sites for hydroxylation is 1. The van der Waals surface area contributed by atoms with Crippen LogP contribution in [0.2, 0.25) is 0 Å². The van der Waals surface area contributed by atoms with Crippen molar-refractivity contribution in [3.05, 3.63) is 45.9 Å². The molecule has 0 fully saturated rings. The van der Waals surface area contributed by atoms with Crippen molar-refractivity contribution in [2.45, 2.75) is 20.1 Å². The monoisotopic (exact) mass is 235 g/mol. The van der Waals surface area contributed by atoms with Gasteiger partial charge in [-0.15, -0.1) is 11.3 Å². The highest BCUT2D eigenvalue weighted by Gasteiger charge is 2.02. The molecule has 0 spiro atoms. The van der Waals surface area contributed by atoms with Crippen molar-refractivity contribution in [1.82, 2.24) is 4.98 Å². The van der Waals surface area contributed by atoms with Gasteiger partial charge in [-0.2, -0.15) is 0 Å². The summed E-state index contributed by atoms with van der Waals surface area (Å²) in [6.07, 6.45) is 1.68. The van der Waals surface area contributed by atoms with Gasteiger partial charge in [0.2, 0.25) is 0 Å². The molecule has 0 aliphatic heterocycles. The molecule has 84 valence electrons. The average Bonchev–Trinajstić information content (AvgIpc) is 2.74. The molecule has 0 aliphatic carbocycles. The summed E-state index contributed by atoms with van der Waals surface area (Å²) in [5, 5.41) is 9.78. The number of hydrogen-bond acceptors (Lipinski definition) is 4. The van der Waals surface area contributed by atoms with Crippen molar-refractivity contribution < 1.29 is 9.84 Å². The van der Waals surface area contributed by atoms with Gasteiger partial charge in [-0.3, -0.25) is 0 Å². The van der Waals surface area contributed by atoms with Gasteiger partial charge in [0.15, 0.2) is 0 Å². The Kier molecular flexibility index (Phi) is 3.54. The number of aliphatic hydroxyl groups excluding tert-OH is 1. The quantitative estimate of drug-likeness (QED) is 0.885. The van der Waals surface area contributed by atoms with Gasteiger partial charge in [0, 0.05) is 6.20 Å². The number of ether oxygens (including phenoxy) is 1. The molecule has 0 radical (unpaired) electrons. The van der Waals surface area contributed by atoms with Crippen LogP contribution in [0.25, 0.3) is 0 Å². The maximum Gasteiger partial charge on any atom is 0.140 e. The first kappa shape index (κ1) is 11.1. The molecule has 0 amide bonds. The maximum atomic E-state index is 8.90. The zero-order valence-corrected chi connectivity index (χ0v) is 9.83. The lowest BCUT2D eigenvalue weighted by atomic mass is 10.2. The Morgan fingerprint density at radius 2 is 2.31 bits per heavy atom. The van der Waals surface area contributed by atoms with E-state index in [0.29, 0.717) is 6.61 Å². The smallest absolute Gasteiger partial charge is 0.140 e. The van der Waals surface area contributed by atoms with Gasteiger partial charge in [0.25, 0.3) is 0 Å². The van der Waals surface area contributed by atoms with Crippen LogP contribution in [0.3, 0.4) is 0 Å². The fourth-order valence-electron chi connectivity index (χ4n) is 1.34. The van der Waals surface area contributed by atoms with Crippen LogP contribution in [-0.4, -0.2) is 10.1 Å². The highest BCUT2D eigenvalue weighted by atomic mass is 32.1. The zero-order valence-electron chi connectivity index (χ0n) is 9.01. The molecular weight excluding hydrogens is 222 g/mol. The zero-order chi connectivity index (χ0) is 11.4. The van der Waals surface area contributed by atoms with E-state index in [-0.39, 0.29) is 6.61 Å². The molecule has 1 aromatic carbocycles. The van der Waals surface area contributed by atoms with Crippen LogP contribution in [0, 0.1) is 6.92 Å². The molecule has 1 heterocycles. The highest BCUT2D eigenvalue weighted by molar-refractivity contribution is 7.11. The molecule has 0 unspecified atom stereocenters. The van der Waals surface area contributed by atoms with Crippen LogP contribution in [0.4, 0.5) is 0 Å². The molecule has 0 bridgehead atoms. The summed E-state index contributed by atoms with van der Waals surface area (Å²) < 4.78 is 5.60. The van der Waals surface area contributed by atoms with Gasteiger partial charge in [0.1, 0.15) is 17.4 Å². The topological polar surface area (TPSA) is 42.4 Å². The summed E-state index contributed by atoms with van der Waals surface area (Å²) in [7, 11) is 0. The second-order valence-electron chi connectivity index (χ2n) is 3.48. The van der Waals surface area contributed by atoms with E-state index >= 15 is 0 Å². The minimum atomic E-state index is 0.0438. The van der Waals surface area contributed by atoms with E-state index in [1.54, 1.807) is 6.20 Å². The van der Waals surface area contributed by atoms with Crippen molar-refractivity contribution in [2.75, 3.05) is 0 Å². The molecule has 1 aromatic heterocycles. The Morgan fingerprint density at radius 1 is 1.44 bits per heavy atom. The Bertz CT molecular complexity index is 468. The third-order valence-electron chi connectivity index (χ3n) is 2.11. The maximum absolute atomic E-state index is 8.90. The van der Waals surface area contributed by atoms with Crippen LogP contribution in [0.1, 0.15) is 15.4 Å². The van der Waals surface area contributed by atoms with E-state index in [0.717, 1.165) is 15.6 Å². The first-order chi connectivity index (χ1) is 7.78. The lowest BCUT2D eigenvalue weighted by Gasteiger charge is -2.04. The summed E-state index contributed by atoms with van der Waals surface area (Å²) in [6.45, 7) is 2.52. The number of hydrogen-bond donors (Lipinski definition) is 1. The number of thiazole rings is 1. The second-order valence-corrected chi connectivity index (χ2v) is 4.68. The lowest BCUT2D eigenvalue weighted by molar-refractivity contribution is 0.285. The molecule has 4 heteroatoms. The van der Waals surface area contributed by atoms with E-state index < -0.39 is 0 Å². The van der Waals surface area contributed by atoms with Gasteiger partial charge in [0.05, 0.1) is 11.5 Å². The third-order valence-corrected chi connectivity index (χ3v) is 3.06. The van der Waals surface area contributed by atoms with Gasteiger partial charge in [-0.1, -0.05) is 12.1 Å². The Balaban J connectivity index is 1.96. The van der Waals surface area contributed by atoms with Crippen LogP contribution >= 0.6 is 11.3 Å². The summed E-state index contributed by atoms with van der Waals surface area (Å²) in [5.41, 5.74) is 1.17. The van der Waals surface area contributed by atoms with Gasteiger partial charge in [-0.05, 0) is 24.6 Å².